The second-order valence-electron chi connectivity index (χ2n) is 3.94. The molecule has 0 saturated carbocycles. The molecule has 0 heterocycles. The number of halogens is 4. The van der Waals surface area contributed by atoms with Crippen LogP contribution in [-0.2, 0) is 6.42 Å². The second-order valence-corrected chi connectivity index (χ2v) is 5.61. The molecular formula is C14H8BrCl2FO. The molecule has 0 amide bonds. The lowest BCUT2D eigenvalue weighted by Gasteiger charge is -2.06. The summed E-state index contributed by atoms with van der Waals surface area (Å²) in [5.41, 5.74) is 0.663. The first-order chi connectivity index (χ1) is 8.99. The Morgan fingerprint density at radius 2 is 1.95 bits per heavy atom. The predicted octanol–water partition coefficient (Wildman–Crippen LogP) is 5.32. The highest BCUT2D eigenvalue weighted by molar-refractivity contribution is 9.10. The fourth-order valence-electron chi connectivity index (χ4n) is 1.65. The van der Waals surface area contributed by atoms with Crippen LogP contribution in [0.2, 0.25) is 10.0 Å². The molecule has 0 bridgehead atoms. The van der Waals surface area contributed by atoms with Gasteiger partial charge in [0.1, 0.15) is 5.82 Å². The lowest BCUT2D eigenvalue weighted by Crippen LogP contribution is -2.06. The maximum Gasteiger partial charge on any atom is 0.168 e. The van der Waals surface area contributed by atoms with E-state index in [1.54, 1.807) is 24.3 Å². The van der Waals surface area contributed by atoms with Gasteiger partial charge in [-0.25, -0.2) is 4.39 Å². The Kier molecular flexibility index (Phi) is 4.61. The lowest BCUT2D eigenvalue weighted by atomic mass is 10.0. The maximum absolute atomic E-state index is 13.6. The van der Waals surface area contributed by atoms with Gasteiger partial charge in [0.2, 0.25) is 0 Å². The van der Waals surface area contributed by atoms with E-state index in [1.807, 2.05) is 0 Å². The van der Waals surface area contributed by atoms with Crippen LogP contribution in [-0.4, -0.2) is 5.78 Å². The molecule has 0 aliphatic heterocycles. The van der Waals surface area contributed by atoms with Crippen molar-refractivity contribution in [1.29, 1.82) is 0 Å². The number of carbonyl (C=O) groups excluding carboxylic acids is 1. The average molecular weight is 362 g/mol. The number of benzene rings is 2. The van der Waals surface area contributed by atoms with E-state index in [1.165, 1.54) is 12.1 Å². The first-order valence-corrected chi connectivity index (χ1v) is 6.95. The van der Waals surface area contributed by atoms with Crippen molar-refractivity contribution in [2.24, 2.45) is 0 Å². The Balaban J connectivity index is 2.28. The summed E-state index contributed by atoms with van der Waals surface area (Å²) in [6.07, 6.45) is -0.0564. The van der Waals surface area contributed by atoms with Crippen molar-refractivity contribution in [3.8, 4) is 0 Å². The molecule has 0 aliphatic rings. The SMILES string of the molecule is O=C(Cc1ccc(Cl)cc1F)c1cccc(Br)c1Cl. The zero-order valence-electron chi connectivity index (χ0n) is 9.59. The van der Waals surface area contributed by atoms with E-state index in [0.29, 0.717) is 25.6 Å². The first-order valence-electron chi connectivity index (χ1n) is 5.40. The van der Waals surface area contributed by atoms with Crippen LogP contribution in [0, 0.1) is 5.82 Å². The van der Waals surface area contributed by atoms with E-state index in [4.69, 9.17) is 23.2 Å². The summed E-state index contributed by atoms with van der Waals surface area (Å²) in [6, 6.07) is 9.30. The number of Topliss-reactive ketones (excluding diaryl/α,β-unsaturated/α-hetero) is 1. The standard InChI is InChI=1S/C14H8BrCl2FO/c15-11-3-1-2-10(14(11)17)13(19)6-8-4-5-9(16)7-12(8)18/h1-5,7H,6H2. The van der Waals surface area contributed by atoms with Gasteiger partial charge in [-0.3, -0.25) is 4.79 Å². The van der Waals surface area contributed by atoms with Crippen molar-refractivity contribution in [1.82, 2.24) is 0 Å². The summed E-state index contributed by atoms with van der Waals surface area (Å²) in [5.74, 6) is -0.737. The van der Waals surface area contributed by atoms with Gasteiger partial charge in [0.05, 0.1) is 5.02 Å². The van der Waals surface area contributed by atoms with Crippen LogP contribution in [0.5, 0.6) is 0 Å². The first kappa shape index (κ1) is 14.5. The minimum absolute atomic E-state index is 0.0564. The average Bonchev–Trinajstić information content (AvgIpc) is 2.36. The monoisotopic (exact) mass is 360 g/mol. The molecule has 0 aliphatic carbocycles. The minimum Gasteiger partial charge on any atom is -0.294 e. The molecule has 2 rings (SSSR count). The molecule has 0 unspecified atom stereocenters. The molecule has 2 aromatic rings. The third kappa shape index (κ3) is 3.35. The van der Waals surface area contributed by atoms with E-state index in [9.17, 15) is 9.18 Å². The van der Waals surface area contributed by atoms with Gasteiger partial charge >= 0.3 is 0 Å². The van der Waals surface area contributed by atoms with E-state index >= 15 is 0 Å². The zero-order valence-corrected chi connectivity index (χ0v) is 12.7. The molecule has 0 aromatic heterocycles. The van der Waals surface area contributed by atoms with Crippen molar-refractivity contribution < 1.29 is 9.18 Å². The Labute approximate surface area is 128 Å². The third-order valence-corrected chi connectivity index (χ3v) is 4.15. The van der Waals surface area contributed by atoms with Crippen molar-refractivity contribution in [2.45, 2.75) is 6.42 Å². The molecule has 5 heteroatoms. The molecule has 1 nitrogen and oxygen atoms in total. The van der Waals surface area contributed by atoms with Gasteiger partial charge < -0.3 is 0 Å². The topological polar surface area (TPSA) is 17.1 Å². The summed E-state index contributed by atoms with van der Waals surface area (Å²) in [4.78, 5) is 12.1. The minimum atomic E-state index is -0.494. The van der Waals surface area contributed by atoms with E-state index in [0.717, 1.165) is 0 Å². The summed E-state index contributed by atoms with van der Waals surface area (Å²) in [5, 5.41) is 0.635. The summed E-state index contributed by atoms with van der Waals surface area (Å²) < 4.78 is 14.3. The van der Waals surface area contributed by atoms with Crippen LogP contribution in [0.3, 0.4) is 0 Å². The Morgan fingerprint density at radius 1 is 1.21 bits per heavy atom. The smallest absolute Gasteiger partial charge is 0.168 e. The second kappa shape index (κ2) is 6.04. The quantitative estimate of drug-likeness (QED) is 0.676. The van der Waals surface area contributed by atoms with Crippen molar-refractivity contribution in [3.63, 3.8) is 0 Å². The van der Waals surface area contributed by atoms with Gasteiger partial charge in [-0.2, -0.15) is 0 Å². The summed E-state index contributed by atoms with van der Waals surface area (Å²) >= 11 is 14.9. The molecule has 0 radical (unpaired) electrons. The van der Waals surface area contributed by atoms with Crippen LogP contribution in [0.25, 0.3) is 0 Å². The molecule has 0 spiro atoms. The molecule has 98 valence electrons. The van der Waals surface area contributed by atoms with Gasteiger partial charge in [0.15, 0.2) is 5.78 Å². The van der Waals surface area contributed by atoms with Gasteiger partial charge in [0.25, 0.3) is 0 Å². The number of rotatable bonds is 3. The van der Waals surface area contributed by atoms with Gasteiger partial charge in [-0.15, -0.1) is 0 Å². The Morgan fingerprint density at radius 3 is 2.63 bits per heavy atom. The Hall–Kier alpha value is -0.900. The highest BCUT2D eigenvalue weighted by Gasteiger charge is 2.15. The summed E-state index contributed by atoms with van der Waals surface area (Å²) in [7, 11) is 0. The van der Waals surface area contributed by atoms with Crippen molar-refractivity contribution in [3.05, 3.63) is 67.9 Å². The zero-order chi connectivity index (χ0) is 14.0. The molecule has 0 fully saturated rings. The summed E-state index contributed by atoms with van der Waals surface area (Å²) in [6.45, 7) is 0. The molecule has 19 heavy (non-hydrogen) atoms. The molecule has 2 aromatic carbocycles. The number of hydrogen-bond acceptors (Lipinski definition) is 1. The normalized spacial score (nSPS) is 10.5. The third-order valence-electron chi connectivity index (χ3n) is 2.62. The van der Waals surface area contributed by atoms with Crippen LogP contribution in [0.1, 0.15) is 15.9 Å². The van der Waals surface area contributed by atoms with E-state index in [2.05, 4.69) is 15.9 Å². The molecule has 0 atom stereocenters. The van der Waals surface area contributed by atoms with E-state index < -0.39 is 5.82 Å². The number of carbonyl (C=O) groups is 1. The lowest BCUT2D eigenvalue weighted by molar-refractivity contribution is 0.0992. The maximum atomic E-state index is 13.6. The van der Waals surface area contributed by atoms with Crippen LogP contribution in [0.15, 0.2) is 40.9 Å². The fraction of sp³-hybridized carbons (Fsp3) is 0.0714. The van der Waals surface area contributed by atoms with Gasteiger partial charge in [0, 0.05) is 21.5 Å². The van der Waals surface area contributed by atoms with Crippen LogP contribution >= 0.6 is 39.1 Å². The molecule has 0 saturated heterocycles. The highest BCUT2D eigenvalue weighted by Crippen LogP contribution is 2.27. The van der Waals surface area contributed by atoms with Crippen molar-refractivity contribution >= 4 is 44.9 Å². The fourth-order valence-corrected chi connectivity index (χ4v) is 2.41. The van der Waals surface area contributed by atoms with E-state index in [-0.39, 0.29) is 12.2 Å². The number of ketones is 1. The number of hydrogen-bond donors (Lipinski definition) is 0. The highest BCUT2D eigenvalue weighted by atomic mass is 79.9. The molecular weight excluding hydrogens is 354 g/mol. The van der Waals surface area contributed by atoms with Gasteiger partial charge in [-0.05, 0) is 45.8 Å². The van der Waals surface area contributed by atoms with Crippen molar-refractivity contribution in [2.75, 3.05) is 0 Å². The van der Waals surface area contributed by atoms with Crippen LogP contribution < -0.4 is 0 Å². The van der Waals surface area contributed by atoms with Gasteiger partial charge in [-0.1, -0.05) is 35.3 Å². The predicted molar refractivity (Wildman–Crippen MR) is 78.6 cm³/mol. The molecule has 0 N–H and O–H groups in total. The largest absolute Gasteiger partial charge is 0.294 e. The Bertz CT molecular complexity index is 643. The van der Waals surface area contributed by atoms with Crippen LogP contribution in [0.4, 0.5) is 4.39 Å².